The molecule has 0 aliphatic carbocycles. The van der Waals surface area contributed by atoms with Gasteiger partial charge in [0.15, 0.2) is 20.0 Å². The SMILES string of the molecule is CCC[NH2+]CC.O=S(=O)([N-]S(=O)(=O)C(F)(F)F)C(F)(F)F. The summed E-state index contributed by atoms with van der Waals surface area (Å²) in [5, 5.41) is 2.31. The van der Waals surface area contributed by atoms with Crippen LogP contribution in [0.2, 0.25) is 0 Å². The molecule has 0 aromatic rings. The number of nitrogens with two attached hydrogens (primary N) is 1. The second-order valence-electron chi connectivity index (χ2n) is 3.40. The molecule has 0 spiro atoms. The molecule has 14 heteroatoms. The average molecular weight is 368 g/mol. The van der Waals surface area contributed by atoms with Gasteiger partial charge < -0.3 is 9.44 Å². The maximum atomic E-state index is 11.4. The maximum absolute atomic E-state index is 11.4. The van der Waals surface area contributed by atoms with Crippen molar-refractivity contribution in [3.63, 3.8) is 0 Å². The van der Waals surface area contributed by atoms with Gasteiger partial charge in [-0.15, -0.1) is 0 Å². The molecule has 0 heterocycles. The summed E-state index contributed by atoms with van der Waals surface area (Å²) in [6.07, 6.45) is 1.30. The zero-order chi connectivity index (χ0) is 17.5. The van der Waals surface area contributed by atoms with Crippen molar-refractivity contribution in [2.75, 3.05) is 13.1 Å². The summed E-state index contributed by atoms with van der Waals surface area (Å²) >= 11 is 0. The molecule has 0 aliphatic rings. The smallest absolute Gasteiger partial charge is 0.421 e. The third-order valence-electron chi connectivity index (χ3n) is 1.56. The highest BCUT2D eigenvalue weighted by atomic mass is 32.3. The Bertz CT molecular complexity index is 450. The molecule has 0 saturated heterocycles. The van der Waals surface area contributed by atoms with E-state index in [-0.39, 0.29) is 0 Å². The quantitative estimate of drug-likeness (QED) is 0.579. The van der Waals surface area contributed by atoms with Gasteiger partial charge in [0, 0.05) is 0 Å². The van der Waals surface area contributed by atoms with Crippen molar-refractivity contribution < 1.29 is 48.5 Å². The van der Waals surface area contributed by atoms with E-state index in [9.17, 15) is 43.2 Å². The summed E-state index contributed by atoms with van der Waals surface area (Å²) in [4.78, 5) is 0. The fourth-order valence-corrected chi connectivity index (χ4v) is 2.33. The van der Waals surface area contributed by atoms with Gasteiger partial charge in [-0.1, -0.05) is 6.92 Å². The summed E-state index contributed by atoms with van der Waals surface area (Å²) in [5.41, 5.74) is -12.4. The topological polar surface area (TPSA) is 99.0 Å². The first-order valence-corrected chi connectivity index (χ1v) is 8.18. The summed E-state index contributed by atoms with van der Waals surface area (Å²) in [5.74, 6) is 0. The van der Waals surface area contributed by atoms with Crippen LogP contribution in [-0.4, -0.2) is 40.9 Å². The standard InChI is InChI=1S/C5H13N.C2F6NO4S2/c1-3-5-6-4-2;3-1(4,5)14(10,11)9-15(12,13)2(6,7)8/h6H,3-5H2,1-2H3;/q;-1/p+1. The maximum Gasteiger partial charge on any atom is 0.480 e. The van der Waals surface area contributed by atoms with Crippen molar-refractivity contribution in [3.05, 3.63) is 4.13 Å². The van der Waals surface area contributed by atoms with Gasteiger partial charge in [-0.2, -0.15) is 26.3 Å². The van der Waals surface area contributed by atoms with Crippen molar-refractivity contribution in [1.82, 2.24) is 0 Å². The van der Waals surface area contributed by atoms with Crippen LogP contribution in [0.4, 0.5) is 26.3 Å². The number of sulfonamides is 2. The van der Waals surface area contributed by atoms with Crippen molar-refractivity contribution in [2.45, 2.75) is 31.3 Å². The van der Waals surface area contributed by atoms with Gasteiger partial charge in [0.05, 0.1) is 13.1 Å². The fraction of sp³-hybridized carbons (Fsp3) is 1.00. The van der Waals surface area contributed by atoms with Gasteiger partial charge in [0.2, 0.25) is 0 Å². The molecule has 0 fully saturated rings. The summed E-state index contributed by atoms with van der Waals surface area (Å²) < 4.78 is 109. The predicted octanol–water partition coefficient (Wildman–Crippen LogP) is 1.04. The number of quaternary nitrogens is 1. The van der Waals surface area contributed by atoms with Crippen molar-refractivity contribution in [2.24, 2.45) is 0 Å². The second kappa shape index (κ2) is 8.14. The van der Waals surface area contributed by atoms with Crippen molar-refractivity contribution in [1.29, 1.82) is 0 Å². The zero-order valence-corrected chi connectivity index (χ0v) is 12.5. The molecular formula is C7H14F6N2O4S2. The Hall–Kier alpha value is -0.600. The molecule has 0 aliphatic heterocycles. The minimum Gasteiger partial charge on any atom is -0.421 e. The number of halogens is 6. The molecule has 0 radical (unpaired) electrons. The van der Waals surface area contributed by atoms with E-state index >= 15 is 0 Å². The Morgan fingerprint density at radius 1 is 0.857 bits per heavy atom. The Kier molecular flexibility index (Phi) is 8.79. The molecule has 0 atom stereocenters. The molecule has 21 heavy (non-hydrogen) atoms. The molecule has 0 rings (SSSR count). The molecule has 6 nitrogen and oxygen atoms in total. The van der Waals surface area contributed by atoms with E-state index < -0.39 is 31.1 Å². The van der Waals surface area contributed by atoms with Crippen LogP contribution in [0.25, 0.3) is 4.13 Å². The van der Waals surface area contributed by atoms with Gasteiger partial charge in [-0.25, -0.2) is 16.8 Å². The van der Waals surface area contributed by atoms with Crippen LogP contribution in [0.1, 0.15) is 20.3 Å². The number of alkyl halides is 6. The van der Waals surface area contributed by atoms with Crippen LogP contribution in [0.5, 0.6) is 0 Å². The molecule has 0 amide bonds. The molecule has 0 aromatic carbocycles. The zero-order valence-electron chi connectivity index (χ0n) is 10.9. The largest absolute Gasteiger partial charge is 0.480 e. The molecule has 2 N–H and O–H groups in total. The first kappa shape index (κ1) is 22.7. The average Bonchev–Trinajstić information content (AvgIpc) is 2.22. The highest BCUT2D eigenvalue weighted by molar-refractivity contribution is 8.13. The highest BCUT2D eigenvalue weighted by Gasteiger charge is 2.46. The van der Waals surface area contributed by atoms with E-state index in [1.54, 1.807) is 0 Å². The molecule has 130 valence electrons. The van der Waals surface area contributed by atoms with Crippen molar-refractivity contribution >= 4 is 20.0 Å². The third kappa shape index (κ3) is 8.43. The molecule has 0 aromatic heterocycles. The van der Waals surface area contributed by atoms with Gasteiger partial charge >= 0.3 is 11.0 Å². The second-order valence-corrected chi connectivity index (χ2v) is 6.82. The minimum atomic E-state index is -6.72. The lowest BCUT2D eigenvalue weighted by Crippen LogP contribution is -2.83. The van der Waals surface area contributed by atoms with Crippen molar-refractivity contribution in [3.8, 4) is 0 Å². The van der Waals surface area contributed by atoms with Crippen LogP contribution in [-0.2, 0) is 20.0 Å². The third-order valence-corrected chi connectivity index (χ3v) is 4.30. The van der Waals surface area contributed by atoms with Crippen LogP contribution >= 0.6 is 0 Å². The Morgan fingerprint density at radius 3 is 1.33 bits per heavy atom. The van der Waals surface area contributed by atoms with E-state index in [4.69, 9.17) is 0 Å². The number of hydrogen-bond acceptors (Lipinski definition) is 4. The Balaban J connectivity index is 0. The molecule has 0 bridgehead atoms. The lowest BCUT2D eigenvalue weighted by molar-refractivity contribution is -0.651. The van der Waals surface area contributed by atoms with Gasteiger partial charge in [-0.3, -0.25) is 0 Å². The van der Waals surface area contributed by atoms with E-state index in [1.807, 2.05) is 0 Å². The minimum absolute atomic E-state index is 0.778. The molecular weight excluding hydrogens is 354 g/mol. The lowest BCUT2D eigenvalue weighted by atomic mass is 10.5. The summed E-state index contributed by atoms with van der Waals surface area (Å²) in [6, 6.07) is 0. The van der Waals surface area contributed by atoms with E-state index in [2.05, 4.69) is 19.2 Å². The molecule has 0 unspecified atom stereocenters. The van der Waals surface area contributed by atoms with Crippen LogP contribution in [0.15, 0.2) is 0 Å². The number of hydrogen-bond donors (Lipinski definition) is 1. The van der Waals surface area contributed by atoms with Crippen LogP contribution < -0.4 is 5.32 Å². The first-order chi connectivity index (χ1) is 9.12. The fourth-order valence-electron chi connectivity index (χ4n) is 0.622. The number of rotatable bonds is 5. The van der Waals surface area contributed by atoms with E-state index in [0.29, 0.717) is 0 Å². The van der Waals surface area contributed by atoms with Gasteiger partial charge in [0.1, 0.15) is 0 Å². The lowest BCUT2D eigenvalue weighted by Gasteiger charge is -2.22. The van der Waals surface area contributed by atoms with Gasteiger partial charge in [-0.05, 0) is 13.3 Å². The normalized spacial score (nSPS) is 13.5. The monoisotopic (exact) mass is 368 g/mol. The summed E-state index contributed by atoms with van der Waals surface area (Å²) in [7, 11) is -13.4. The highest BCUT2D eigenvalue weighted by Crippen LogP contribution is 2.36. The first-order valence-electron chi connectivity index (χ1n) is 5.30. The van der Waals surface area contributed by atoms with E-state index in [0.717, 1.165) is 4.13 Å². The predicted molar refractivity (Wildman–Crippen MR) is 60.9 cm³/mol. The number of nitrogens with zero attached hydrogens (tertiary/aromatic N) is 1. The Labute approximate surface area is 118 Å². The molecule has 0 saturated carbocycles. The van der Waals surface area contributed by atoms with Crippen LogP contribution in [0.3, 0.4) is 0 Å². The summed E-state index contributed by atoms with van der Waals surface area (Å²) in [6.45, 7) is 6.90. The van der Waals surface area contributed by atoms with Crippen LogP contribution in [0, 0.1) is 0 Å². The van der Waals surface area contributed by atoms with E-state index in [1.165, 1.54) is 19.5 Å². The van der Waals surface area contributed by atoms with Gasteiger partial charge in [0.25, 0.3) is 0 Å². The Morgan fingerprint density at radius 2 is 1.19 bits per heavy atom.